The van der Waals surface area contributed by atoms with Gasteiger partial charge in [0.1, 0.15) is 5.54 Å². The second-order valence-electron chi connectivity index (χ2n) is 6.32. The molecule has 2 rings (SSSR count). The third-order valence-electron chi connectivity index (χ3n) is 4.38. The number of benzene rings is 1. The third kappa shape index (κ3) is 4.48. The van der Waals surface area contributed by atoms with Crippen LogP contribution in [0.3, 0.4) is 0 Å². The Balaban J connectivity index is 1.97. The SMILES string of the molecule is CC(=O)Nc1cccc(NCC(=O)NC2(C#N)CCCCC2)c1C. The van der Waals surface area contributed by atoms with Gasteiger partial charge in [-0.25, -0.2) is 0 Å². The first-order valence-electron chi connectivity index (χ1n) is 8.29. The van der Waals surface area contributed by atoms with Crippen LogP contribution in [0.4, 0.5) is 11.4 Å². The summed E-state index contributed by atoms with van der Waals surface area (Å²) in [5, 5.41) is 18.1. The first-order valence-corrected chi connectivity index (χ1v) is 8.29. The summed E-state index contributed by atoms with van der Waals surface area (Å²) < 4.78 is 0. The molecule has 2 amide bonds. The van der Waals surface area contributed by atoms with Crippen LogP contribution in [0.25, 0.3) is 0 Å². The lowest BCUT2D eigenvalue weighted by Crippen LogP contribution is -2.50. The molecule has 1 aromatic carbocycles. The molecule has 24 heavy (non-hydrogen) atoms. The van der Waals surface area contributed by atoms with Gasteiger partial charge in [-0.15, -0.1) is 0 Å². The van der Waals surface area contributed by atoms with Gasteiger partial charge in [0.25, 0.3) is 0 Å². The summed E-state index contributed by atoms with van der Waals surface area (Å²) in [6, 6.07) is 7.77. The molecule has 0 spiro atoms. The number of carbonyl (C=O) groups is 2. The molecule has 0 unspecified atom stereocenters. The van der Waals surface area contributed by atoms with E-state index in [-0.39, 0.29) is 18.4 Å². The van der Waals surface area contributed by atoms with Crippen molar-refractivity contribution in [3.8, 4) is 6.07 Å². The molecular weight excluding hydrogens is 304 g/mol. The van der Waals surface area contributed by atoms with Gasteiger partial charge >= 0.3 is 0 Å². The van der Waals surface area contributed by atoms with Crippen molar-refractivity contribution < 1.29 is 9.59 Å². The van der Waals surface area contributed by atoms with Crippen molar-refractivity contribution in [2.45, 2.75) is 51.5 Å². The monoisotopic (exact) mass is 328 g/mol. The second kappa shape index (κ2) is 7.82. The number of hydrogen-bond acceptors (Lipinski definition) is 4. The minimum atomic E-state index is -0.718. The van der Waals surface area contributed by atoms with Crippen LogP contribution in [0.2, 0.25) is 0 Å². The van der Waals surface area contributed by atoms with Gasteiger partial charge in [0.05, 0.1) is 12.6 Å². The molecule has 1 aliphatic rings. The average molecular weight is 328 g/mol. The van der Waals surface area contributed by atoms with Crippen molar-refractivity contribution in [2.75, 3.05) is 17.2 Å². The molecule has 3 N–H and O–H groups in total. The van der Waals surface area contributed by atoms with Crippen molar-refractivity contribution >= 4 is 23.2 Å². The highest BCUT2D eigenvalue weighted by atomic mass is 16.2. The standard InChI is InChI=1S/C18H24N4O2/c1-13-15(7-6-8-16(13)21-14(2)23)20-11-17(24)22-18(12-19)9-4-3-5-10-18/h6-8,20H,3-5,9-11H2,1-2H3,(H,21,23)(H,22,24). The molecular formula is C18H24N4O2. The van der Waals surface area contributed by atoms with Crippen LogP contribution in [0.15, 0.2) is 18.2 Å². The molecule has 6 nitrogen and oxygen atoms in total. The van der Waals surface area contributed by atoms with E-state index in [1.54, 1.807) is 0 Å². The van der Waals surface area contributed by atoms with Crippen LogP contribution < -0.4 is 16.0 Å². The highest BCUT2D eigenvalue weighted by Gasteiger charge is 2.33. The predicted octanol–water partition coefficient (Wildman–Crippen LogP) is 2.71. The minimum Gasteiger partial charge on any atom is -0.376 e. The Morgan fingerprint density at radius 1 is 1.21 bits per heavy atom. The normalized spacial score (nSPS) is 15.9. The van der Waals surface area contributed by atoms with E-state index in [1.807, 2.05) is 25.1 Å². The van der Waals surface area contributed by atoms with Gasteiger partial charge in [-0.1, -0.05) is 25.3 Å². The van der Waals surface area contributed by atoms with Gasteiger partial charge in [0, 0.05) is 18.3 Å². The lowest BCUT2D eigenvalue weighted by Gasteiger charge is -2.31. The Morgan fingerprint density at radius 2 is 1.88 bits per heavy atom. The summed E-state index contributed by atoms with van der Waals surface area (Å²) >= 11 is 0. The van der Waals surface area contributed by atoms with E-state index in [0.29, 0.717) is 18.5 Å². The van der Waals surface area contributed by atoms with Crippen LogP contribution in [-0.4, -0.2) is 23.9 Å². The summed E-state index contributed by atoms with van der Waals surface area (Å²) in [5.74, 6) is -0.330. The molecule has 1 aromatic rings. The van der Waals surface area contributed by atoms with Crippen LogP contribution in [0.1, 0.15) is 44.6 Å². The quantitative estimate of drug-likeness (QED) is 0.774. The number of rotatable bonds is 5. The van der Waals surface area contributed by atoms with Crippen LogP contribution in [0, 0.1) is 18.3 Å². The topological polar surface area (TPSA) is 94.0 Å². The van der Waals surface area contributed by atoms with Crippen molar-refractivity contribution in [3.05, 3.63) is 23.8 Å². The zero-order valence-electron chi connectivity index (χ0n) is 14.2. The van der Waals surface area contributed by atoms with E-state index in [2.05, 4.69) is 22.0 Å². The lowest BCUT2D eigenvalue weighted by atomic mass is 9.83. The van der Waals surface area contributed by atoms with Gasteiger partial charge in [-0.3, -0.25) is 9.59 Å². The Morgan fingerprint density at radius 3 is 2.50 bits per heavy atom. The van der Waals surface area contributed by atoms with Crippen LogP contribution >= 0.6 is 0 Å². The smallest absolute Gasteiger partial charge is 0.240 e. The fourth-order valence-corrected chi connectivity index (χ4v) is 3.06. The number of anilines is 2. The molecule has 0 atom stereocenters. The van der Waals surface area contributed by atoms with E-state index < -0.39 is 5.54 Å². The maximum absolute atomic E-state index is 12.2. The summed E-state index contributed by atoms with van der Waals surface area (Å²) in [5.41, 5.74) is 1.65. The average Bonchev–Trinajstić information content (AvgIpc) is 2.56. The maximum atomic E-state index is 12.2. The molecule has 0 aliphatic heterocycles. The maximum Gasteiger partial charge on any atom is 0.240 e. The lowest BCUT2D eigenvalue weighted by molar-refractivity contribution is -0.121. The van der Waals surface area contributed by atoms with E-state index in [4.69, 9.17) is 0 Å². The number of amides is 2. The molecule has 0 radical (unpaired) electrons. The summed E-state index contributed by atoms with van der Waals surface area (Å²) in [7, 11) is 0. The second-order valence-corrected chi connectivity index (χ2v) is 6.32. The van der Waals surface area contributed by atoms with Crippen molar-refractivity contribution in [2.24, 2.45) is 0 Å². The fourth-order valence-electron chi connectivity index (χ4n) is 3.06. The summed E-state index contributed by atoms with van der Waals surface area (Å²) in [6.07, 6.45) is 4.49. The molecule has 1 saturated carbocycles. The van der Waals surface area contributed by atoms with Crippen LogP contribution in [-0.2, 0) is 9.59 Å². The third-order valence-corrected chi connectivity index (χ3v) is 4.38. The Labute approximate surface area is 142 Å². The van der Waals surface area contributed by atoms with Gasteiger partial charge in [-0.2, -0.15) is 5.26 Å². The van der Waals surface area contributed by atoms with E-state index in [0.717, 1.165) is 30.5 Å². The van der Waals surface area contributed by atoms with Gasteiger partial charge in [0.2, 0.25) is 11.8 Å². The fraction of sp³-hybridized carbons (Fsp3) is 0.500. The zero-order valence-corrected chi connectivity index (χ0v) is 14.2. The molecule has 1 fully saturated rings. The van der Waals surface area contributed by atoms with Gasteiger partial charge in [0.15, 0.2) is 0 Å². The minimum absolute atomic E-state index is 0.0911. The molecule has 1 aliphatic carbocycles. The molecule has 0 heterocycles. The van der Waals surface area contributed by atoms with Crippen molar-refractivity contribution in [1.82, 2.24) is 5.32 Å². The first-order chi connectivity index (χ1) is 11.5. The Hall–Kier alpha value is -2.55. The number of carbonyl (C=O) groups excluding carboxylic acids is 2. The predicted molar refractivity (Wildman–Crippen MR) is 93.5 cm³/mol. The highest BCUT2D eigenvalue weighted by molar-refractivity contribution is 5.91. The Bertz CT molecular complexity index is 657. The molecule has 128 valence electrons. The molecule has 0 saturated heterocycles. The van der Waals surface area contributed by atoms with E-state index >= 15 is 0 Å². The molecule has 0 aromatic heterocycles. The van der Waals surface area contributed by atoms with Gasteiger partial charge < -0.3 is 16.0 Å². The largest absolute Gasteiger partial charge is 0.376 e. The molecule has 6 heteroatoms. The first kappa shape index (κ1) is 17.8. The molecule has 0 bridgehead atoms. The number of nitrogens with zero attached hydrogens (tertiary/aromatic N) is 1. The van der Waals surface area contributed by atoms with E-state index in [1.165, 1.54) is 6.92 Å². The number of nitriles is 1. The van der Waals surface area contributed by atoms with E-state index in [9.17, 15) is 14.9 Å². The number of hydrogen-bond donors (Lipinski definition) is 3. The van der Waals surface area contributed by atoms with Crippen LogP contribution in [0.5, 0.6) is 0 Å². The summed E-state index contributed by atoms with van der Waals surface area (Å²) in [4.78, 5) is 23.4. The van der Waals surface area contributed by atoms with Crippen molar-refractivity contribution in [3.63, 3.8) is 0 Å². The van der Waals surface area contributed by atoms with Gasteiger partial charge in [-0.05, 0) is 37.5 Å². The summed E-state index contributed by atoms with van der Waals surface area (Å²) in [6.45, 7) is 3.43. The zero-order chi connectivity index (χ0) is 17.6. The highest BCUT2D eigenvalue weighted by Crippen LogP contribution is 2.27. The number of nitrogens with one attached hydrogen (secondary N) is 3. The van der Waals surface area contributed by atoms with Crippen molar-refractivity contribution in [1.29, 1.82) is 5.26 Å². The Kier molecular flexibility index (Phi) is 5.80.